The molecule has 1 aliphatic rings. The molecule has 4 rings (SSSR count). The van der Waals surface area contributed by atoms with Crippen molar-refractivity contribution in [3.63, 3.8) is 0 Å². The molecule has 0 bridgehead atoms. The number of carboxylic acid groups (broad SMARTS) is 1. The Balaban J connectivity index is 1.41. The van der Waals surface area contributed by atoms with Crippen LogP contribution in [0.3, 0.4) is 0 Å². The van der Waals surface area contributed by atoms with E-state index >= 15 is 0 Å². The number of benzene rings is 2. The highest BCUT2D eigenvalue weighted by Crippen LogP contribution is 2.36. The predicted octanol–water partition coefficient (Wildman–Crippen LogP) is 5.39. The molecule has 1 fully saturated rings. The van der Waals surface area contributed by atoms with Gasteiger partial charge in [-0.3, -0.25) is 9.59 Å². The van der Waals surface area contributed by atoms with E-state index in [-0.39, 0.29) is 23.6 Å². The topological polar surface area (TPSA) is 106 Å². The van der Waals surface area contributed by atoms with Crippen molar-refractivity contribution >= 4 is 47.0 Å². The van der Waals surface area contributed by atoms with Gasteiger partial charge in [-0.2, -0.15) is 0 Å². The van der Waals surface area contributed by atoms with E-state index in [9.17, 15) is 19.5 Å². The van der Waals surface area contributed by atoms with Crippen molar-refractivity contribution in [1.82, 2.24) is 4.98 Å². The molecule has 3 aromatic rings. The largest absolute Gasteiger partial charge is 0.478 e. The van der Waals surface area contributed by atoms with Gasteiger partial charge in [-0.15, -0.1) is 11.3 Å². The second-order valence-electron chi connectivity index (χ2n) is 8.14. The second-order valence-corrected chi connectivity index (χ2v) is 9.03. The van der Waals surface area contributed by atoms with Crippen LogP contribution in [-0.4, -0.2) is 27.9 Å². The first-order chi connectivity index (χ1) is 16.4. The Bertz CT molecular complexity index is 1260. The molecule has 1 heterocycles. The molecule has 174 valence electrons. The lowest BCUT2D eigenvalue weighted by Gasteiger charge is -2.22. The average molecular weight is 477 g/mol. The number of hydrogen-bond donors (Lipinski definition) is 2. The van der Waals surface area contributed by atoms with Crippen LogP contribution in [0.1, 0.15) is 64.3 Å². The zero-order valence-corrected chi connectivity index (χ0v) is 19.4. The summed E-state index contributed by atoms with van der Waals surface area (Å²) < 4.78 is 4.94. The van der Waals surface area contributed by atoms with Crippen molar-refractivity contribution in [3.8, 4) is 5.75 Å². The summed E-state index contributed by atoms with van der Waals surface area (Å²) in [6, 6.07) is 11.6. The summed E-state index contributed by atoms with van der Waals surface area (Å²) in [6.45, 7) is 1.23. The van der Waals surface area contributed by atoms with E-state index in [0.717, 1.165) is 10.6 Å². The van der Waals surface area contributed by atoms with Crippen molar-refractivity contribution in [1.29, 1.82) is 0 Å². The summed E-state index contributed by atoms with van der Waals surface area (Å²) in [7, 11) is 0. The van der Waals surface area contributed by atoms with Crippen LogP contribution < -0.4 is 10.1 Å². The van der Waals surface area contributed by atoms with E-state index in [1.807, 2.05) is 30.4 Å². The standard InChI is InChI=1S/C26H24N2O5S/c1-16(29)33-21-10-9-19(22(14-21)26(31)32)13-24(30)27-20-7-2-4-17(12-20)8-11-25-28-23(15-34-25)18-5-3-6-18/h2,4,7-12,14-15,18H,3,5-6,13H2,1H3,(H,27,30)(H,31,32). The quantitative estimate of drug-likeness (QED) is 0.334. The van der Waals surface area contributed by atoms with Crippen molar-refractivity contribution in [2.24, 2.45) is 0 Å². The molecule has 1 amide bonds. The van der Waals surface area contributed by atoms with Crippen LogP contribution in [0.5, 0.6) is 5.75 Å². The zero-order valence-electron chi connectivity index (χ0n) is 18.6. The number of esters is 1. The second kappa shape index (κ2) is 10.4. The number of nitrogens with zero attached hydrogens (tertiary/aromatic N) is 1. The summed E-state index contributed by atoms with van der Waals surface area (Å²) >= 11 is 1.63. The molecule has 0 unspecified atom stereocenters. The number of carbonyl (C=O) groups is 3. The van der Waals surface area contributed by atoms with Crippen molar-refractivity contribution in [2.75, 3.05) is 5.32 Å². The maximum atomic E-state index is 12.6. The zero-order chi connectivity index (χ0) is 24.1. The first-order valence-corrected chi connectivity index (χ1v) is 11.8. The van der Waals surface area contributed by atoms with Gasteiger partial charge in [0.05, 0.1) is 17.7 Å². The molecular formula is C26H24N2O5S. The number of nitrogens with one attached hydrogen (secondary N) is 1. The van der Waals surface area contributed by atoms with E-state index in [1.165, 1.54) is 50.1 Å². The van der Waals surface area contributed by atoms with Crippen LogP contribution in [-0.2, 0) is 16.0 Å². The van der Waals surface area contributed by atoms with E-state index in [4.69, 9.17) is 9.72 Å². The number of amides is 1. The smallest absolute Gasteiger partial charge is 0.336 e. The van der Waals surface area contributed by atoms with Crippen LogP contribution in [0.25, 0.3) is 12.2 Å². The SMILES string of the molecule is CC(=O)Oc1ccc(CC(=O)Nc2cccc(C=Cc3nc(C4CCC4)cs3)c2)c(C(=O)O)c1. The van der Waals surface area contributed by atoms with Crippen LogP contribution >= 0.6 is 11.3 Å². The number of carbonyl (C=O) groups excluding carboxylic acids is 2. The Morgan fingerprint density at radius 1 is 1.18 bits per heavy atom. The van der Waals surface area contributed by atoms with Gasteiger partial charge in [-0.05, 0) is 54.3 Å². The van der Waals surface area contributed by atoms with Gasteiger partial charge in [0.15, 0.2) is 0 Å². The molecule has 2 aromatic carbocycles. The Morgan fingerprint density at radius 2 is 2.00 bits per heavy atom. The summed E-state index contributed by atoms with van der Waals surface area (Å²) in [5.41, 5.74) is 2.93. The van der Waals surface area contributed by atoms with Crippen LogP contribution in [0.2, 0.25) is 0 Å². The van der Waals surface area contributed by atoms with E-state index in [2.05, 4.69) is 10.7 Å². The number of aromatic nitrogens is 1. The first kappa shape index (κ1) is 23.4. The molecule has 34 heavy (non-hydrogen) atoms. The van der Waals surface area contributed by atoms with E-state index < -0.39 is 11.9 Å². The lowest BCUT2D eigenvalue weighted by Crippen LogP contribution is -2.16. The highest BCUT2D eigenvalue weighted by molar-refractivity contribution is 7.10. The molecule has 1 saturated carbocycles. The Hall–Kier alpha value is -3.78. The molecule has 0 aliphatic heterocycles. The molecule has 2 N–H and O–H groups in total. The normalized spacial score (nSPS) is 13.4. The third-order valence-corrected chi connectivity index (χ3v) is 6.40. The highest BCUT2D eigenvalue weighted by Gasteiger charge is 2.21. The third kappa shape index (κ3) is 5.96. The number of thiazole rings is 1. The molecule has 0 radical (unpaired) electrons. The maximum Gasteiger partial charge on any atom is 0.336 e. The Kier molecular flexibility index (Phi) is 7.18. The fourth-order valence-electron chi connectivity index (χ4n) is 3.67. The van der Waals surface area contributed by atoms with Gasteiger partial charge in [0.2, 0.25) is 5.91 Å². The molecule has 7 nitrogen and oxygen atoms in total. The summed E-state index contributed by atoms with van der Waals surface area (Å²) in [4.78, 5) is 40.0. The van der Waals surface area contributed by atoms with Gasteiger partial charge in [0.25, 0.3) is 0 Å². The summed E-state index contributed by atoms with van der Waals surface area (Å²) in [5.74, 6) is -1.38. The van der Waals surface area contributed by atoms with Gasteiger partial charge in [0, 0.05) is 23.9 Å². The minimum absolute atomic E-state index is 0.0877. The maximum absolute atomic E-state index is 12.6. The number of anilines is 1. The molecular weight excluding hydrogens is 452 g/mol. The summed E-state index contributed by atoms with van der Waals surface area (Å²) in [6.07, 6.45) is 7.51. The third-order valence-electron chi connectivity index (χ3n) is 5.58. The van der Waals surface area contributed by atoms with Crippen LogP contribution in [0.15, 0.2) is 47.8 Å². The molecule has 0 spiro atoms. The van der Waals surface area contributed by atoms with Crippen molar-refractivity contribution in [2.45, 2.75) is 38.5 Å². The average Bonchev–Trinajstić information content (AvgIpc) is 3.20. The van der Waals surface area contributed by atoms with Gasteiger partial charge in [-0.1, -0.05) is 30.7 Å². The van der Waals surface area contributed by atoms with Crippen LogP contribution in [0, 0.1) is 0 Å². The molecule has 0 saturated heterocycles. The van der Waals surface area contributed by atoms with Gasteiger partial charge >= 0.3 is 11.9 Å². The van der Waals surface area contributed by atoms with Gasteiger partial charge in [-0.25, -0.2) is 9.78 Å². The highest BCUT2D eigenvalue weighted by atomic mass is 32.1. The van der Waals surface area contributed by atoms with Gasteiger partial charge < -0.3 is 15.2 Å². The molecule has 1 aliphatic carbocycles. The van der Waals surface area contributed by atoms with E-state index in [1.54, 1.807) is 17.4 Å². The number of carboxylic acids is 1. The summed E-state index contributed by atoms with van der Waals surface area (Å²) in [5, 5.41) is 15.4. The first-order valence-electron chi connectivity index (χ1n) is 11.0. The number of ether oxygens (including phenoxy) is 1. The lowest BCUT2D eigenvalue weighted by molar-refractivity contribution is -0.131. The Labute approximate surface area is 201 Å². The van der Waals surface area contributed by atoms with Crippen molar-refractivity contribution < 1.29 is 24.2 Å². The fraction of sp³-hybridized carbons (Fsp3) is 0.231. The van der Waals surface area contributed by atoms with Crippen molar-refractivity contribution in [3.05, 3.63) is 75.2 Å². The minimum atomic E-state index is -1.20. The monoisotopic (exact) mass is 476 g/mol. The molecule has 0 atom stereocenters. The van der Waals surface area contributed by atoms with E-state index in [0.29, 0.717) is 17.2 Å². The fourth-order valence-corrected chi connectivity index (χ4v) is 4.46. The predicted molar refractivity (Wildman–Crippen MR) is 131 cm³/mol. The van der Waals surface area contributed by atoms with Crippen LogP contribution in [0.4, 0.5) is 5.69 Å². The molecule has 8 heteroatoms. The number of rotatable bonds is 8. The number of hydrogen-bond acceptors (Lipinski definition) is 6. The number of aromatic carboxylic acids is 1. The Morgan fingerprint density at radius 3 is 2.71 bits per heavy atom. The minimum Gasteiger partial charge on any atom is -0.478 e. The molecule has 1 aromatic heterocycles. The van der Waals surface area contributed by atoms with Gasteiger partial charge in [0.1, 0.15) is 10.8 Å². The lowest BCUT2D eigenvalue weighted by atomic mass is 9.83.